The van der Waals surface area contributed by atoms with Crippen LogP contribution in [-0.4, -0.2) is 37.0 Å². The maximum absolute atomic E-state index is 13.9. The minimum atomic E-state index is -0.538. The Morgan fingerprint density at radius 3 is 2.65 bits per heavy atom. The summed E-state index contributed by atoms with van der Waals surface area (Å²) in [7, 11) is 1.44. The lowest BCUT2D eigenvalue weighted by Crippen LogP contribution is -2.42. The Kier molecular flexibility index (Phi) is 4.60. The molecule has 0 radical (unpaired) electrons. The molecule has 0 bridgehead atoms. The van der Waals surface area contributed by atoms with Gasteiger partial charge in [-0.25, -0.2) is 4.39 Å². The van der Waals surface area contributed by atoms with Gasteiger partial charge in [0, 0.05) is 19.1 Å². The van der Waals surface area contributed by atoms with E-state index in [2.05, 4.69) is 0 Å². The predicted octanol–water partition coefficient (Wildman–Crippen LogP) is 2.03. The maximum atomic E-state index is 13.9. The van der Waals surface area contributed by atoms with Crippen molar-refractivity contribution in [2.75, 3.05) is 20.2 Å². The molecular formula is C15H21FN2O2. The second-order valence-corrected chi connectivity index (χ2v) is 5.31. The van der Waals surface area contributed by atoms with Gasteiger partial charge in [0.15, 0.2) is 0 Å². The van der Waals surface area contributed by atoms with Crippen molar-refractivity contribution in [3.63, 3.8) is 0 Å². The van der Waals surface area contributed by atoms with Crippen molar-refractivity contribution in [1.82, 2.24) is 4.90 Å². The predicted molar refractivity (Wildman–Crippen MR) is 75.2 cm³/mol. The fourth-order valence-corrected chi connectivity index (χ4v) is 2.67. The molecular weight excluding hydrogens is 259 g/mol. The van der Waals surface area contributed by atoms with E-state index < -0.39 is 5.82 Å². The highest BCUT2D eigenvalue weighted by molar-refractivity contribution is 5.97. The first-order valence-corrected chi connectivity index (χ1v) is 6.92. The molecule has 0 saturated carbocycles. The molecule has 20 heavy (non-hydrogen) atoms. The minimum absolute atomic E-state index is 0.0225. The molecule has 1 amide bonds. The number of hydrogen-bond acceptors (Lipinski definition) is 3. The molecule has 1 aliphatic heterocycles. The molecule has 110 valence electrons. The summed E-state index contributed by atoms with van der Waals surface area (Å²) in [5, 5.41) is 0. The van der Waals surface area contributed by atoms with E-state index in [9.17, 15) is 9.18 Å². The van der Waals surface area contributed by atoms with Crippen molar-refractivity contribution < 1.29 is 13.9 Å². The number of halogens is 1. The number of methoxy groups -OCH3 is 1. The SMILES string of the molecule is COc1cccc(F)c1C(=O)N1CCC(C(C)N)CC1. The van der Waals surface area contributed by atoms with Crippen LogP contribution in [0.2, 0.25) is 0 Å². The van der Waals surface area contributed by atoms with Gasteiger partial charge in [0.25, 0.3) is 5.91 Å². The summed E-state index contributed by atoms with van der Waals surface area (Å²) in [6.07, 6.45) is 1.72. The lowest BCUT2D eigenvalue weighted by Gasteiger charge is -2.34. The molecule has 1 heterocycles. The normalized spacial score (nSPS) is 17.9. The monoisotopic (exact) mass is 280 g/mol. The van der Waals surface area contributed by atoms with Crippen LogP contribution in [0.25, 0.3) is 0 Å². The third-order valence-corrected chi connectivity index (χ3v) is 3.98. The first-order chi connectivity index (χ1) is 9.54. The van der Waals surface area contributed by atoms with Crippen LogP contribution in [0.1, 0.15) is 30.1 Å². The fourth-order valence-electron chi connectivity index (χ4n) is 2.67. The van der Waals surface area contributed by atoms with Crippen molar-refractivity contribution in [3.8, 4) is 5.75 Å². The van der Waals surface area contributed by atoms with E-state index >= 15 is 0 Å². The molecule has 4 nitrogen and oxygen atoms in total. The molecule has 1 aliphatic rings. The Hall–Kier alpha value is -1.62. The van der Waals surface area contributed by atoms with Crippen LogP contribution in [0.5, 0.6) is 5.75 Å². The van der Waals surface area contributed by atoms with Crippen LogP contribution in [0, 0.1) is 11.7 Å². The van der Waals surface area contributed by atoms with E-state index in [4.69, 9.17) is 10.5 Å². The third kappa shape index (κ3) is 2.93. The number of benzene rings is 1. The largest absolute Gasteiger partial charge is 0.496 e. The summed E-state index contributed by atoms with van der Waals surface area (Å²) in [6.45, 7) is 3.22. The van der Waals surface area contributed by atoms with E-state index in [1.807, 2.05) is 6.92 Å². The molecule has 0 aromatic heterocycles. The van der Waals surface area contributed by atoms with Crippen LogP contribution >= 0.6 is 0 Å². The van der Waals surface area contributed by atoms with Crippen molar-refractivity contribution in [1.29, 1.82) is 0 Å². The summed E-state index contributed by atoms with van der Waals surface area (Å²) < 4.78 is 19.0. The number of hydrogen-bond donors (Lipinski definition) is 1. The number of piperidine rings is 1. The number of carbonyl (C=O) groups excluding carboxylic acids is 1. The maximum Gasteiger partial charge on any atom is 0.260 e. The number of nitrogens with two attached hydrogens (primary N) is 1. The Morgan fingerprint density at radius 2 is 2.10 bits per heavy atom. The lowest BCUT2D eigenvalue weighted by molar-refractivity contribution is 0.0672. The van der Waals surface area contributed by atoms with E-state index in [0.29, 0.717) is 19.0 Å². The van der Waals surface area contributed by atoms with Gasteiger partial charge in [0.1, 0.15) is 17.1 Å². The zero-order valence-electron chi connectivity index (χ0n) is 11.9. The molecule has 1 fully saturated rings. The van der Waals surface area contributed by atoms with Crippen LogP contribution in [0.4, 0.5) is 4.39 Å². The smallest absolute Gasteiger partial charge is 0.260 e. The standard InChI is InChI=1S/C15H21FN2O2/c1-10(17)11-6-8-18(9-7-11)15(19)14-12(16)4-3-5-13(14)20-2/h3-5,10-11H,6-9,17H2,1-2H3. The molecule has 1 atom stereocenters. The fraction of sp³-hybridized carbons (Fsp3) is 0.533. The summed E-state index contributed by atoms with van der Waals surface area (Å²) in [5.41, 5.74) is 5.91. The molecule has 5 heteroatoms. The molecule has 1 saturated heterocycles. The van der Waals surface area contributed by atoms with Crippen molar-refractivity contribution in [2.24, 2.45) is 11.7 Å². The molecule has 1 aromatic carbocycles. The number of carbonyl (C=O) groups is 1. The summed E-state index contributed by atoms with van der Waals surface area (Å²) in [4.78, 5) is 14.1. The number of nitrogens with zero attached hydrogens (tertiary/aromatic N) is 1. The number of ether oxygens (including phenoxy) is 1. The highest BCUT2D eigenvalue weighted by atomic mass is 19.1. The average Bonchev–Trinajstić information content (AvgIpc) is 2.46. The van der Waals surface area contributed by atoms with Gasteiger partial charge in [-0.05, 0) is 37.8 Å². The summed E-state index contributed by atoms with van der Waals surface area (Å²) in [6, 6.07) is 4.55. The van der Waals surface area contributed by atoms with Gasteiger partial charge in [-0.2, -0.15) is 0 Å². The molecule has 2 N–H and O–H groups in total. The highest BCUT2D eigenvalue weighted by Crippen LogP contribution is 2.26. The lowest BCUT2D eigenvalue weighted by atomic mass is 9.90. The van der Waals surface area contributed by atoms with Gasteiger partial charge in [-0.1, -0.05) is 6.07 Å². The first-order valence-electron chi connectivity index (χ1n) is 6.92. The molecule has 1 aromatic rings. The van der Waals surface area contributed by atoms with Crippen LogP contribution < -0.4 is 10.5 Å². The zero-order chi connectivity index (χ0) is 14.7. The Morgan fingerprint density at radius 1 is 1.45 bits per heavy atom. The zero-order valence-corrected chi connectivity index (χ0v) is 11.9. The molecule has 0 aliphatic carbocycles. The average molecular weight is 280 g/mol. The second-order valence-electron chi connectivity index (χ2n) is 5.31. The van der Waals surface area contributed by atoms with Crippen molar-refractivity contribution in [2.45, 2.75) is 25.8 Å². The number of rotatable bonds is 3. The van der Waals surface area contributed by atoms with Crippen LogP contribution in [0.3, 0.4) is 0 Å². The van der Waals surface area contributed by atoms with Gasteiger partial charge in [0.05, 0.1) is 7.11 Å². The third-order valence-electron chi connectivity index (χ3n) is 3.98. The second kappa shape index (κ2) is 6.22. The molecule has 0 spiro atoms. The van der Waals surface area contributed by atoms with Gasteiger partial charge in [0.2, 0.25) is 0 Å². The van der Waals surface area contributed by atoms with E-state index in [1.54, 1.807) is 11.0 Å². The Bertz CT molecular complexity index is 483. The van der Waals surface area contributed by atoms with Crippen LogP contribution in [0.15, 0.2) is 18.2 Å². The number of amides is 1. The summed E-state index contributed by atoms with van der Waals surface area (Å²) >= 11 is 0. The Balaban J connectivity index is 2.13. The van der Waals surface area contributed by atoms with Crippen LogP contribution in [-0.2, 0) is 0 Å². The van der Waals surface area contributed by atoms with Gasteiger partial charge >= 0.3 is 0 Å². The quantitative estimate of drug-likeness (QED) is 0.921. The van der Waals surface area contributed by atoms with E-state index in [1.165, 1.54) is 19.2 Å². The van der Waals surface area contributed by atoms with Gasteiger partial charge in [-0.15, -0.1) is 0 Å². The van der Waals surface area contributed by atoms with Crippen molar-refractivity contribution in [3.05, 3.63) is 29.6 Å². The minimum Gasteiger partial charge on any atom is -0.496 e. The topological polar surface area (TPSA) is 55.6 Å². The number of likely N-dealkylation sites (tertiary alicyclic amines) is 1. The highest BCUT2D eigenvalue weighted by Gasteiger charge is 2.28. The molecule has 1 unspecified atom stereocenters. The van der Waals surface area contributed by atoms with Gasteiger partial charge in [-0.3, -0.25) is 4.79 Å². The van der Waals surface area contributed by atoms with E-state index in [0.717, 1.165) is 12.8 Å². The first kappa shape index (κ1) is 14.8. The van der Waals surface area contributed by atoms with Crippen molar-refractivity contribution >= 4 is 5.91 Å². The Labute approximate surface area is 118 Å². The molecule has 2 rings (SSSR count). The van der Waals surface area contributed by atoms with Gasteiger partial charge < -0.3 is 15.4 Å². The summed E-state index contributed by atoms with van der Waals surface area (Å²) in [5.74, 6) is -0.127. The van der Waals surface area contributed by atoms with E-state index in [-0.39, 0.29) is 23.3 Å².